The van der Waals surface area contributed by atoms with E-state index in [9.17, 15) is 9.59 Å². The van der Waals surface area contributed by atoms with Crippen molar-refractivity contribution in [1.29, 1.82) is 0 Å². The number of nitrogens with one attached hydrogen (secondary N) is 1. The molecule has 4 heterocycles. The zero-order valence-corrected chi connectivity index (χ0v) is 21.7. The molecule has 0 radical (unpaired) electrons. The van der Waals surface area contributed by atoms with Gasteiger partial charge in [0, 0.05) is 70.5 Å². The van der Waals surface area contributed by atoms with Gasteiger partial charge in [0.15, 0.2) is 0 Å². The van der Waals surface area contributed by atoms with E-state index in [1.807, 2.05) is 46.2 Å². The largest absolute Gasteiger partial charge is 0.493 e. The molecule has 8 heteroatoms. The lowest BCUT2D eigenvalue weighted by Crippen LogP contribution is -2.50. The average Bonchev–Trinajstić information content (AvgIpc) is 2.94. The van der Waals surface area contributed by atoms with Gasteiger partial charge in [-0.1, -0.05) is 24.3 Å². The molecule has 2 bridgehead atoms. The van der Waals surface area contributed by atoms with Crippen LogP contribution in [-0.2, 0) is 22.7 Å². The van der Waals surface area contributed by atoms with Crippen LogP contribution in [0.2, 0.25) is 0 Å². The Morgan fingerprint density at radius 2 is 1.86 bits per heavy atom. The van der Waals surface area contributed by atoms with Crippen molar-refractivity contribution in [3.8, 4) is 5.75 Å². The summed E-state index contributed by atoms with van der Waals surface area (Å²) in [6.45, 7) is 6.97. The van der Waals surface area contributed by atoms with Crippen molar-refractivity contribution in [2.24, 2.45) is 11.8 Å². The van der Waals surface area contributed by atoms with Gasteiger partial charge in [-0.25, -0.2) is 0 Å². The minimum Gasteiger partial charge on any atom is -0.493 e. The minimum absolute atomic E-state index is 0.158. The number of nitrogens with zero attached hydrogens (tertiary/aromatic N) is 4. The topological polar surface area (TPSA) is 78.0 Å². The number of piperazine rings is 1. The fraction of sp³-hybridized carbons (Fsp3) is 0.552. The first kappa shape index (κ1) is 25.7. The molecule has 0 unspecified atom stereocenters. The molecular weight excluding hydrogens is 466 g/mol. The maximum Gasteiger partial charge on any atom is 0.236 e. The highest BCUT2D eigenvalue weighted by Crippen LogP contribution is 2.32. The van der Waals surface area contributed by atoms with Crippen LogP contribution in [0.25, 0.3) is 0 Å². The van der Waals surface area contributed by atoms with Crippen LogP contribution in [-0.4, -0.2) is 83.9 Å². The van der Waals surface area contributed by atoms with Gasteiger partial charge in [-0.05, 0) is 49.3 Å². The molecule has 0 aliphatic carbocycles. The number of rotatable bonds is 4. The third-order valence-electron chi connectivity index (χ3n) is 7.96. The van der Waals surface area contributed by atoms with E-state index in [1.165, 1.54) is 0 Å². The molecule has 8 nitrogen and oxygen atoms in total. The highest BCUT2D eigenvalue weighted by atomic mass is 16.5. The molecule has 1 N–H and O–H groups in total. The van der Waals surface area contributed by atoms with Crippen LogP contribution in [0, 0.1) is 11.8 Å². The SMILES string of the molecule is O=C(C[C@@H]1CCN2C[C@@H]1CCCOc1ccccc1CN(Cc1ccccn1)CC2=O)N1CCNCC1. The van der Waals surface area contributed by atoms with E-state index in [0.29, 0.717) is 44.5 Å². The predicted molar refractivity (Wildman–Crippen MR) is 142 cm³/mol. The van der Waals surface area contributed by atoms with Gasteiger partial charge >= 0.3 is 0 Å². The number of benzene rings is 1. The van der Waals surface area contributed by atoms with E-state index in [1.54, 1.807) is 6.20 Å². The summed E-state index contributed by atoms with van der Waals surface area (Å²) in [6.07, 6.45) is 5.14. The first-order valence-corrected chi connectivity index (χ1v) is 13.7. The van der Waals surface area contributed by atoms with Crippen LogP contribution < -0.4 is 10.1 Å². The van der Waals surface area contributed by atoms with Crippen LogP contribution in [0.4, 0.5) is 0 Å². The number of hydrogen-bond acceptors (Lipinski definition) is 6. The zero-order chi connectivity index (χ0) is 25.5. The molecule has 2 saturated heterocycles. The second-order valence-electron chi connectivity index (χ2n) is 10.5. The van der Waals surface area contributed by atoms with Crippen LogP contribution in [0.15, 0.2) is 48.7 Å². The van der Waals surface area contributed by atoms with Gasteiger partial charge in [0.05, 0.1) is 18.8 Å². The molecule has 3 aliphatic heterocycles. The summed E-state index contributed by atoms with van der Waals surface area (Å²) < 4.78 is 6.25. The van der Waals surface area contributed by atoms with Crippen LogP contribution in [0.1, 0.15) is 36.9 Å². The molecule has 0 saturated carbocycles. The Hall–Kier alpha value is -2.97. The van der Waals surface area contributed by atoms with Gasteiger partial charge in [0.1, 0.15) is 5.75 Å². The second-order valence-corrected chi connectivity index (χ2v) is 10.5. The number of carbonyl (C=O) groups is 2. The van der Waals surface area contributed by atoms with Gasteiger partial charge in [-0.3, -0.25) is 19.5 Å². The number of para-hydroxylation sites is 1. The van der Waals surface area contributed by atoms with Gasteiger partial charge < -0.3 is 19.9 Å². The third kappa shape index (κ3) is 6.87. The van der Waals surface area contributed by atoms with Crippen molar-refractivity contribution in [2.45, 2.75) is 38.8 Å². The lowest BCUT2D eigenvalue weighted by atomic mass is 9.80. The van der Waals surface area contributed by atoms with E-state index in [0.717, 1.165) is 75.5 Å². The lowest BCUT2D eigenvalue weighted by Gasteiger charge is -2.40. The van der Waals surface area contributed by atoms with Gasteiger partial charge in [-0.2, -0.15) is 0 Å². The summed E-state index contributed by atoms with van der Waals surface area (Å²) in [4.78, 5) is 37.3. The molecule has 1 aromatic heterocycles. The molecule has 2 atom stereocenters. The van der Waals surface area contributed by atoms with Crippen molar-refractivity contribution in [3.05, 3.63) is 59.9 Å². The Morgan fingerprint density at radius 1 is 1.03 bits per heavy atom. The Bertz CT molecular complexity index is 1040. The monoisotopic (exact) mass is 505 g/mol. The van der Waals surface area contributed by atoms with Crippen molar-refractivity contribution >= 4 is 11.8 Å². The normalized spacial score (nSPS) is 23.7. The van der Waals surface area contributed by atoms with Crippen molar-refractivity contribution in [1.82, 2.24) is 25.0 Å². The zero-order valence-electron chi connectivity index (χ0n) is 21.7. The Labute approximate surface area is 220 Å². The number of amides is 2. The van der Waals surface area contributed by atoms with Crippen LogP contribution in [0.3, 0.4) is 0 Å². The van der Waals surface area contributed by atoms with Crippen molar-refractivity contribution in [3.63, 3.8) is 0 Å². The Morgan fingerprint density at radius 3 is 2.70 bits per heavy atom. The van der Waals surface area contributed by atoms with Crippen molar-refractivity contribution in [2.75, 3.05) is 52.4 Å². The van der Waals surface area contributed by atoms with Gasteiger partial charge in [0.2, 0.25) is 11.8 Å². The molecular formula is C29H39N5O3. The van der Waals surface area contributed by atoms with Gasteiger partial charge in [0.25, 0.3) is 0 Å². The molecule has 5 rings (SSSR count). The maximum atomic E-state index is 13.6. The van der Waals surface area contributed by atoms with Crippen molar-refractivity contribution < 1.29 is 14.3 Å². The standard InChI is InChI=1S/C29H39N5O3/c35-28(33-15-12-30-13-16-33)18-23-10-14-34-20-24(23)7-5-17-37-27-9-2-1-6-25(27)19-32(22-29(34)36)21-26-8-3-4-11-31-26/h1-4,6,8-9,11,23-24,30H,5,7,10,12-22H2/t23-,24-/m0/s1. The molecule has 2 aromatic rings. The molecule has 2 fully saturated rings. The van der Waals surface area contributed by atoms with E-state index in [2.05, 4.69) is 21.3 Å². The maximum absolute atomic E-state index is 13.6. The number of hydrogen-bond donors (Lipinski definition) is 1. The average molecular weight is 506 g/mol. The summed E-state index contributed by atoms with van der Waals surface area (Å²) in [7, 11) is 0. The number of pyridine rings is 1. The molecule has 2 amide bonds. The van der Waals surface area contributed by atoms with E-state index < -0.39 is 0 Å². The summed E-state index contributed by atoms with van der Waals surface area (Å²) in [6, 6.07) is 14.0. The first-order valence-electron chi connectivity index (χ1n) is 13.7. The first-order chi connectivity index (χ1) is 18.2. The number of aromatic nitrogens is 1. The fourth-order valence-corrected chi connectivity index (χ4v) is 5.89. The highest BCUT2D eigenvalue weighted by molar-refractivity contribution is 5.79. The molecule has 1 aromatic carbocycles. The Balaban J connectivity index is 1.32. The van der Waals surface area contributed by atoms with Gasteiger partial charge in [-0.15, -0.1) is 0 Å². The van der Waals surface area contributed by atoms with E-state index in [-0.39, 0.29) is 11.8 Å². The minimum atomic E-state index is 0.158. The molecule has 3 aliphatic rings. The second kappa shape index (κ2) is 12.5. The number of ether oxygens (including phenoxy) is 1. The van der Waals surface area contributed by atoms with E-state index in [4.69, 9.17) is 4.74 Å². The fourth-order valence-electron chi connectivity index (χ4n) is 5.89. The van der Waals surface area contributed by atoms with E-state index >= 15 is 0 Å². The summed E-state index contributed by atoms with van der Waals surface area (Å²) in [5.74, 6) is 1.93. The Kier molecular flexibility index (Phi) is 8.68. The predicted octanol–water partition coefficient (Wildman–Crippen LogP) is 2.54. The third-order valence-corrected chi connectivity index (χ3v) is 7.96. The summed E-state index contributed by atoms with van der Waals surface area (Å²) >= 11 is 0. The number of carbonyl (C=O) groups excluding carboxylic acids is 2. The summed E-state index contributed by atoms with van der Waals surface area (Å²) in [5.41, 5.74) is 2.03. The summed E-state index contributed by atoms with van der Waals surface area (Å²) in [5, 5.41) is 3.32. The molecule has 198 valence electrons. The highest BCUT2D eigenvalue weighted by Gasteiger charge is 2.34. The smallest absolute Gasteiger partial charge is 0.236 e. The number of fused-ring (bicyclic) bond motifs is 3. The molecule has 37 heavy (non-hydrogen) atoms. The van der Waals surface area contributed by atoms with Crippen LogP contribution in [0.5, 0.6) is 5.75 Å². The van der Waals surface area contributed by atoms with Crippen LogP contribution >= 0.6 is 0 Å². The lowest BCUT2D eigenvalue weighted by molar-refractivity contribution is -0.137. The number of piperidine rings is 1. The molecule has 0 spiro atoms. The quantitative estimate of drug-likeness (QED) is 0.688.